The first-order chi connectivity index (χ1) is 36.9. The Morgan fingerprint density at radius 2 is 0.613 bits per heavy atom. The van der Waals surface area contributed by atoms with E-state index < -0.39 is 0 Å². The Labute approximate surface area is 437 Å². The molecule has 354 valence electrons. The van der Waals surface area contributed by atoms with Gasteiger partial charge in [0.25, 0.3) is 6.71 Å². The first kappa shape index (κ1) is 43.3. The second kappa shape index (κ2) is 16.6. The van der Waals surface area contributed by atoms with Crippen LogP contribution in [0.4, 0.5) is 34.1 Å². The van der Waals surface area contributed by atoms with E-state index in [-0.39, 0.29) is 12.1 Å². The predicted molar refractivity (Wildman–Crippen MR) is 319 cm³/mol. The molecule has 0 N–H and O–H groups in total. The highest BCUT2D eigenvalue weighted by molar-refractivity contribution is 7.00. The molecule has 2 aliphatic heterocycles. The summed E-state index contributed by atoms with van der Waals surface area (Å²) in [7, 11) is 0. The Balaban J connectivity index is 1.03. The van der Waals surface area contributed by atoms with Crippen molar-refractivity contribution in [1.29, 1.82) is 0 Å². The molecule has 2 aromatic heterocycles. The van der Waals surface area contributed by atoms with Crippen LogP contribution in [0.1, 0.15) is 26.3 Å². The molecule has 0 bridgehead atoms. The summed E-state index contributed by atoms with van der Waals surface area (Å²) in [6, 6.07) is 94.8. The fourth-order valence-electron chi connectivity index (χ4n) is 12.5. The van der Waals surface area contributed by atoms with Crippen LogP contribution in [-0.4, -0.2) is 15.8 Å². The summed E-state index contributed by atoms with van der Waals surface area (Å²) in [6.07, 6.45) is 0. The van der Waals surface area contributed by atoms with Crippen molar-refractivity contribution < 1.29 is 0 Å². The van der Waals surface area contributed by atoms with Gasteiger partial charge in [-0.1, -0.05) is 191 Å². The van der Waals surface area contributed by atoms with Crippen LogP contribution < -0.4 is 26.2 Å². The molecule has 5 heteroatoms. The van der Waals surface area contributed by atoms with Crippen LogP contribution in [0.15, 0.2) is 255 Å². The number of fused-ring (bicyclic) bond motifs is 10. The molecule has 4 heterocycles. The molecule has 0 saturated heterocycles. The standard InChI is InChI=1S/C70H51BN4/c1-70(2,3)50-42-67-69-68(43-50)73(52-36-32-49(33-37-52)47-20-8-5-9-21-47)66-45-54(75-63-28-16-12-24-57(63)58-25-13-17-29-64(58)75)39-41-60(66)71(69)59-40-38-53(74-61-26-14-10-22-55(61)56-23-11-15-27-62(56)74)44-65(59)72(67)51-34-30-48(31-35-51)46-18-6-4-7-19-46/h4-45H,1-3H3. The molecule has 13 aromatic rings. The average Bonchev–Trinajstić information content (AvgIpc) is 3.98. The van der Waals surface area contributed by atoms with Crippen molar-refractivity contribution in [2.45, 2.75) is 26.2 Å². The van der Waals surface area contributed by atoms with Gasteiger partial charge in [0, 0.05) is 67.0 Å². The second-order valence-corrected chi connectivity index (χ2v) is 21.3. The van der Waals surface area contributed by atoms with Crippen molar-refractivity contribution in [1.82, 2.24) is 9.13 Å². The molecule has 11 aromatic carbocycles. The van der Waals surface area contributed by atoms with Crippen LogP contribution in [0.3, 0.4) is 0 Å². The largest absolute Gasteiger partial charge is 0.311 e. The summed E-state index contributed by atoms with van der Waals surface area (Å²) >= 11 is 0. The van der Waals surface area contributed by atoms with Crippen LogP contribution in [0.25, 0.3) is 77.2 Å². The van der Waals surface area contributed by atoms with Gasteiger partial charge < -0.3 is 18.9 Å². The van der Waals surface area contributed by atoms with E-state index in [1.165, 1.54) is 111 Å². The molecule has 0 fully saturated rings. The van der Waals surface area contributed by atoms with Gasteiger partial charge >= 0.3 is 0 Å². The molecule has 75 heavy (non-hydrogen) atoms. The highest BCUT2D eigenvalue weighted by Gasteiger charge is 2.44. The van der Waals surface area contributed by atoms with Gasteiger partial charge in [0.1, 0.15) is 0 Å². The minimum atomic E-state index is -0.178. The van der Waals surface area contributed by atoms with Crippen LogP contribution >= 0.6 is 0 Å². The highest BCUT2D eigenvalue weighted by Crippen LogP contribution is 2.48. The molecular formula is C70H51BN4. The molecule has 0 unspecified atom stereocenters. The summed E-state index contributed by atoms with van der Waals surface area (Å²) in [5, 5.41) is 5.00. The lowest BCUT2D eigenvalue weighted by atomic mass is 9.33. The zero-order valence-electron chi connectivity index (χ0n) is 42.1. The number of anilines is 6. The van der Waals surface area contributed by atoms with Crippen molar-refractivity contribution in [2.75, 3.05) is 9.80 Å². The second-order valence-electron chi connectivity index (χ2n) is 21.3. The summed E-state index contributed by atoms with van der Waals surface area (Å²) in [5.41, 5.74) is 23.8. The maximum absolute atomic E-state index is 2.57. The Bertz CT molecular complexity index is 4010. The van der Waals surface area contributed by atoms with Gasteiger partial charge in [-0.2, -0.15) is 0 Å². The molecule has 0 aliphatic carbocycles. The van der Waals surface area contributed by atoms with Crippen LogP contribution in [0.5, 0.6) is 0 Å². The van der Waals surface area contributed by atoms with Crippen molar-refractivity contribution in [3.8, 4) is 33.6 Å². The normalized spacial score (nSPS) is 12.9. The molecule has 0 atom stereocenters. The smallest absolute Gasteiger partial charge is 0.252 e. The quantitative estimate of drug-likeness (QED) is 0.154. The monoisotopic (exact) mass is 958 g/mol. The molecule has 4 nitrogen and oxygen atoms in total. The third-order valence-electron chi connectivity index (χ3n) is 16.0. The maximum Gasteiger partial charge on any atom is 0.252 e. The van der Waals surface area contributed by atoms with Gasteiger partial charge in [-0.15, -0.1) is 0 Å². The zero-order chi connectivity index (χ0) is 49.9. The van der Waals surface area contributed by atoms with E-state index in [0.29, 0.717) is 0 Å². The summed E-state index contributed by atoms with van der Waals surface area (Å²) < 4.78 is 4.92. The fourth-order valence-corrected chi connectivity index (χ4v) is 12.5. The maximum atomic E-state index is 2.57. The van der Waals surface area contributed by atoms with Crippen LogP contribution in [0, 0.1) is 0 Å². The van der Waals surface area contributed by atoms with Gasteiger partial charge in [-0.05, 0) is 135 Å². The molecule has 15 rings (SSSR count). The molecule has 2 aliphatic rings. The Morgan fingerprint density at radius 3 is 0.973 bits per heavy atom. The van der Waals surface area contributed by atoms with Crippen LogP contribution in [0.2, 0.25) is 0 Å². The third-order valence-corrected chi connectivity index (χ3v) is 16.0. The summed E-state index contributed by atoms with van der Waals surface area (Å²) in [5.74, 6) is 0. The topological polar surface area (TPSA) is 16.3 Å². The molecule has 0 saturated carbocycles. The lowest BCUT2D eigenvalue weighted by molar-refractivity contribution is 0.590. The van der Waals surface area contributed by atoms with E-state index in [4.69, 9.17) is 0 Å². The zero-order valence-corrected chi connectivity index (χ0v) is 42.1. The van der Waals surface area contributed by atoms with Gasteiger partial charge in [-0.3, -0.25) is 0 Å². The number of rotatable bonds is 6. The molecular weight excluding hydrogens is 908 g/mol. The van der Waals surface area contributed by atoms with Crippen molar-refractivity contribution in [3.63, 3.8) is 0 Å². The first-order valence-corrected chi connectivity index (χ1v) is 26.2. The molecule has 0 amide bonds. The van der Waals surface area contributed by atoms with Gasteiger partial charge in [0.05, 0.1) is 22.1 Å². The Hall–Kier alpha value is -9.32. The van der Waals surface area contributed by atoms with E-state index in [1.54, 1.807) is 0 Å². The van der Waals surface area contributed by atoms with Crippen molar-refractivity contribution in [3.05, 3.63) is 260 Å². The van der Waals surface area contributed by atoms with Gasteiger partial charge in [0.2, 0.25) is 0 Å². The number of hydrogen-bond donors (Lipinski definition) is 0. The minimum Gasteiger partial charge on any atom is -0.311 e. The van der Waals surface area contributed by atoms with E-state index in [0.717, 1.165) is 22.7 Å². The third kappa shape index (κ3) is 6.71. The lowest BCUT2D eigenvalue weighted by Crippen LogP contribution is -2.61. The minimum absolute atomic E-state index is 0.0758. The Morgan fingerprint density at radius 1 is 0.293 bits per heavy atom. The van der Waals surface area contributed by atoms with Gasteiger partial charge in [-0.25, -0.2) is 0 Å². The highest BCUT2D eigenvalue weighted by atomic mass is 15.2. The number of para-hydroxylation sites is 4. The Kier molecular flexibility index (Phi) is 9.58. The average molecular weight is 959 g/mol. The number of hydrogen-bond acceptors (Lipinski definition) is 2. The van der Waals surface area contributed by atoms with E-state index in [1.807, 2.05) is 0 Å². The number of aromatic nitrogens is 2. The van der Waals surface area contributed by atoms with Gasteiger partial charge in [0.15, 0.2) is 0 Å². The molecule has 0 radical (unpaired) electrons. The van der Waals surface area contributed by atoms with Crippen LogP contribution in [-0.2, 0) is 5.41 Å². The number of benzene rings is 11. The fraction of sp³-hybridized carbons (Fsp3) is 0.0571. The number of nitrogens with zero attached hydrogens (tertiary/aromatic N) is 4. The summed E-state index contributed by atoms with van der Waals surface area (Å²) in [4.78, 5) is 5.14. The summed E-state index contributed by atoms with van der Waals surface area (Å²) in [6.45, 7) is 6.98. The first-order valence-electron chi connectivity index (χ1n) is 26.2. The molecule has 0 spiro atoms. The van der Waals surface area contributed by atoms with Crippen molar-refractivity contribution >= 4 is 101 Å². The van der Waals surface area contributed by atoms with E-state index in [2.05, 4.69) is 294 Å². The van der Waals surface area contributed by atoms with Crippen molar-refractivity contribution in [2.24, 2.45) is 0 Å². The SMILES string of the molecule is CC(C)(C)c1cc2c3c(c1)N(c1ccc(-c4ccccc4)cc1)c1cc(-n4c5ccccc5c5ccccc54)ccc1B3c1ccc(-n3c4ccccc4c4ccccc43)cc1N2c1ccc(-c2ccccc2)cc1. The lowest BCUT2D eigenvalue weighted by Gasteiger charge is -2.45. The van der Waals surface area contributed by atoms with E-state index >= 15 is 0 Å². The predicted octanol–water partition coefficient (Wildman–Crippen LogP) is 16.6. The van der Waals surface area contributed by atoms with E-state index in [9.17, 15) is 0 Å².